The number of rotatable bonds is 9. The number of hydrogen-bond donors (Lipinski definition) is 1. The standard InChI is InChI=1S/C20H30N2O4S2/c1-4-28(25,26)21-18(11-14-27-3)20(24)22-12-9-17(10-13-22)19(23)16-7-5-15(2)6-8-16/h5-8,17-18,21H,4,9-14H2,1-3H3. The quantitative estimate of drug-likeness (QED) is 0.614. The molecule has 1 fully saturated rings. The third-order valence-electron chi connectivity index (χ3n) is 5.12. The summed E-state index contributed by atoms with van der Waals surface area (Å²) in [5.41, 5.74) is 1.83. The zero-order valence-corrected chi connectivity index (χ0v) is 18.4. The minimum atomic E-state index is -3.46. The van der Waals surface area contributed by atoms with Crippen molar-refractivity contribution in [3.05, 3.63) is 35.4 Å². The smallest absolute Gasteiger partial charge is 0.240 e. The van der Waals surface area contributed by atoms with Crippen molar-refractivity contribution < 1.29 is 18.0 Å². The zero-order chi connectivity index (χ0) is 20.7. The average molecular weight is 427 g/mol. The summed E-state index contributed by atoms with van der Waals surface area (Å²) in [7, 11) is -3.46. The maximum atomic E-state index is 12.9. The van der Waals surface area contributed by atoms with Gasteiger partial charge in [-0.05, 0) is 45.1 Å². The molecule has 0 saturated carbocycles. The Hall–Kier alpha value is -1.38. The van der Waals surface area contributed by atoms with Gasteiger partial charge in [-0.25, -0.2) is 13.1 Å². The van der Waals surface area contributed by atoms with Gasteiger partial charge in [0.1, 0.15) is 6.04 Å². The van der Waals surface area contributed by atoms with Gasteiger partial charge in [-0.2, -0.15) is 11.8 Å². The van der Waals surface area contributed by atoms with E-state index in [9.17, 15) is 18.0 Å². The zero-order valence-electron chi connectivity index (χ0n) is 16.8. The highest BCUT2D eigenvalue weighted by Crippen LogP contribution is 2.23. The number of likely N-dealkylation sites (tertiary alicyclic amines) is 1. The Morgan fingerprint density at radius 1 is 1.21 bits per heavy atom. The lowest BCUT2D eigenvalue weighted by atomic mass is 9.88. The fraction of sp³-hybridized carbons (Fsp3) is 0.600. The number of ketones is 1. The molecule has 1 aliphatic rings. The maximum Gasteiger partial charge on any atom is 0.240 e. The van der Waals surface area contributed by atoms with Gasteiger partial charge in [0.15, 0.2) is 5.78 Å². The second-order valence-electron chi connectivity index (χ2n) is 7.19. The van der Waals surface area contributed by atoms with Gasteiger partial charge in [-0.15, -0.1) is 0 Å². The van der Waals surface area contributed by atoms with Crippen molar-refractivity contribution in [2.45, 2.75) is 39.2 Å². The SMILES string of the molecule is CCS(=O)(=O)NC(CCSC)C(=O)N1CCC(C(=O)c2ccc(C)cc2)CC1. The largest absolute Gasteiger partial charge is 0.341 e. The Balaban J connectivity index is 1.98. The first kappa shape index (κ1) is 22.9. The minimum absolute atomic E-state index is 0.0524. The normalized spacial score (nSPS) is 16.8. The van der Waals surface area contributed by atoms with E-state index in [4.69, 9.17) is 0 Å². The number of sulfonamides is 1. The molecule has 1 aromatic carbocycles. The second kappa shape index (κ2) is 10.4. The van der Waals surface area contributed by atoms with E-state index in [0.29, 0.717) is 43.7 Å². The molecule has 0 aliphatic carbocycles. The number of amides is 1. The molecule has 8 heteroatoms. The number of benzene rings is 1. The lowest BCUT2D eigenvalue weighted by Gasteiger charge is -2.34. The minimum Gasteiger partial charge on any atom is -0.341 e. The van der Waals surface area contributed by atoms with Crippen LogP contribution in [0.3, 0.4) is 0 Å². The molecule has 1 unspecified atom stereocenters. The van der Waals surface area contributed by atoms with Crippen molar-refractivity contribution in [2.75, 3.05) is 30.9 Å². The number of hydrogen-bond acceptors (Lipinski definition) is 5. The van der Waals surface area contributed by atoms with E-state index < -0.39 is 16.1 Å². The topological polar surface area (TPSA) is 83.6 Å². The molecule has 1 heterocycles. The second-order valence-corrected chi connectivity index (χ2v) is 10.2. The molecule has 1 atom stereocenters. The number of carbonyl (C=O) groups is 2. The van der Waals surface area contributed by atoms with Crippen LogP contribution in [0.2, 0.25) is 0 Å². The van der Waals surface area contributed by atoms with Gasteiger partial charge < -0.3 is 4.90 Å². The number of aryl methyl sites for hydroxylation is 1. The first-order valence-electron chi connectivity index (χ1n) is 9.66. The summed E-state index contributed by atoms with van der Waals surface area (Å²) in [6, 6.07) is 6.84. The molecular weight excluding hydrogens is 396 g/mol. The van der Waals surface area contributed by atoms with Gasteiger partial charge in [0.2, 0.25) is 15.9 Å². The van der Waals surface area contributed by atoms with E-state index in [2.05, 4.69) is 4.72 Å². The van der Waals surface area contributed by atoms with Crippen LogP contribution in [0.4, 0.5) is 0 Å². The van der Waals surface area contributed by atoms with Crippen LogP contribution in [0.5, 0.6) is 0 Å². The van der Waals surface area contributed by atoms with Gasteiger partial charge in [-0.1, -0.05) is 29.8 Å². The predicted octanol–water partition coefficient (Wildman–Crippen LogP) is 2.48. The Morgan fingerprint density at radius 3 is 2.36 bits per heavy atom. The van der Waals surface area contributed by atoms with E-state index in [-0.39, 0.29) is 23.4 Å². The third kappa shape index (κ3) is 6.32. The Morgan fingerprint density at radius 2 is 1.82 bits per heavy atom. The molecular formula is C20H30N2O4S2. The van der Waals surface area contributed by atoms with Crippen LogP contribution >= 0.6 is 11.8 Å². The summed E-state index contributed by atoms with van der Waals surface area (Å²) in [6.07, 6.45) is 3.60. The maximum absolute atomic E-state index is 12.9. The summed E-state index contributed by atoms with van der Waals surface area (Å²) in [5, 5.41) is 0. The molecule has 0 radical (unpaired) electrons. The van der Waals surface area contributed by atoms with Gasteiger partial charge in [0, 0.05) is 24.6 Å². The fourth-order valence-corrected chi connectivity index (χ4v) is 4.59. The summed E-state index contributed by atoms with van der Waals surface area (Å²) < 4.78 is 26.4. The highest BCUT2D eigenvalue weighted by Gasteiger charge is 2.32. The van der Waals surface area contributed by atoms with Crippen LogP contribution in [0, 0.1) is 12.8 Å². The molecule has 1 N–H and O–H groups in total. The predicted molar refractivity (Wildman–Crippen MR) is 114 cm³/mol. The molecule has 28 heavy (non-hydrogen) atoms. The summed E-state index contributed by atoms with van der Waals surface area (Å²) in [6.45, 7) is 4.49. The number of nitrogens with one attached hydrogen (secondary N) is 1. The van der Waals surface area contributed by atoms with E-state index >= 15 is 0 Å². The van der Waals surface area contributed by atoms with Gasteiger partial charge >= 0.3 is 0 Å². The van der Waals surface area contributed by atoms with Crippen LogP contribution in [0.25, 0.3) is 0 Å². The molecule has 1 aromatic rings. The highest BCUT2D eigenvalue weighted by atomic mass is 32.2. The number of Topliss-reactive ketones (excluding diaryl/α,β-unsaturated/α-hetero) is 1. The summed E-state index contributed by atoms with van der Waals surface area (Å²) >= 11 is 1.58. The molecule has 0 spiro atoms. The monoisotopic (exact) mass is 426 g/mol. The highest BCUT2D eigenvalue weighted by molar-refractivity contribution is 7.98. The fourth-order valence-electron chi connectivity index (χ4n) is 3.30. The third-order valence-corrected chi connectivity index (χ3v) is 7.17. The number of carbonyl (C=O) groups excluding carboxylic acids is 2. The van der Waals surface area contributed by atoms with Gasteiger partial charge in [-0.3, -0.25) is 9.59 Å². The summed E-state index contributed by atoms with van der Waals surface area (Å²) in [5.74, 6) is 0.488. The first-order valence-corrected chi connectivity index (χ1v) is 12.7. The molecule has 6 nitrogen and oxygen atoms in total. The van der Waals surface area contributed by atoms with E-state index in [0.717, 1.165) is 5.56 Å². The summed E-state index contributed by atoms with van der Waals surface area (Å²) in [4.78, 5) is 27.3. The number of thioether (sulfide) groups is 1. The first-order chi connectivity index (χ1) is 13.3. The Kier molecular flexibility index (Phi) is 8.52. The van der Waals surface area contributed by atoms with Gasteiger partial charge in [0.25, 0.3) is 0 Å². The van der Waals surface area contributed by atoms with E-state index in [1.165, 1.54) is 0 Å². The average Bonchev–Trinajstić information content (AvgIpc) is 2.70. The number of nitrogens with zero attached hydrogens (tertiary/aromatic N) is 1. The molecule has 1 saturated heterocycles. The van der Waals surface area contributed by atoms with E-state index in [1.807, 2.05) is 37.4 Å². The van der Waals surface area contributed by atoms with Crippen molar-refractivity contribution in [2.24, 2.45) is 5.92 Å². The molecule has 0 aromatic heterocycles. The number of piperidine rings is 1. The lowest BCUT2D eigenvalue weighted by Crippen LogP contribution is -2.51. The molecule has 2 rings (SSSR count). The van der Waals surface area contributed by atoms with Crippen molar-refractivity contribution in [1.82, 2.24) is 9.62 Å². The van der Waals surface area contributed by atoms with Crippen LogP contribution < -0.4 is 4.72 Å². The van der Waals surface area contributed by atoms with Crippen molar-refractivity contribution >= 4 is 33.5 Å². The van der Waals surface area contributed by atoms with Crippen molar-refractivity contribution in [1.29, 1.82) is 0 Å². The van der Waals surface area contributed by atoms with Gasteiger partial charge in [0.05, 0.1) is 5.75 Å². The molecule has 1 aliphatic heterocycles. The Labute approximate surface area is 172 Å². The van der Waals surface area contributed by atoms with Crippen molar-refractivity contribution in [3.8, 4) is 0 Å². The van der Waals surface area contributed by atoms with Crippen molar-refractivity contribution in [3.63, 3.8) is 0 Å². The van der Waals surface area contributed by atoms with Crippen LogP contribution in [-0.4, -0.2) is 61.9 Å². The van der Waals surface area contributed by atoms with Crippen LogP contribution in [0.1, 0.15) is 42.1 Å². The Bertz CT molecular complexity index is 770. The van der Waals surface area contributed by atoms with Crippen LogP contribution in [0.15, 0.2) is 24.3 Å². The molecule has 156 valence electrons. The molecule has 0 bridgehead atoms. The molecule has 1 amide bonds. The van der Waals surface area contributed by atoms with Crippen LogP contribution in [-0.2, 0) is 14.8 Å². The lowest BCUT2D eigenvalue weighted by molar-refractivity contribution is -0.134. The van der Waals surface area contributed by atoms with E-state index in [1.54, 1.807) is 23.6 Å².